The lowest BCUT2D eigenvalue weighted by Gasteiger charge is -2.34. The number of hydrogen-bond donors (Lipinski definition) is 0. The Hall–Kier alpha value is -3.23. The van der Waals surface area contributed by atoms with E-state index in [1.54, 1.807) is 12.1 Å². The van der Waals surface area contributed by atoms with E-state index in [0.29, 0.717) is 48.4 Å². The van der Waals surface area contributed by atoms with Crippen LogP contribution >= 0.6 is 11.6 Å². The summed E-state index contributed by atoms with van der Waals surface area (Å²) in [6, 6.07) is 14.7. The van der Waals surface area contributed by atoms with E-state index in [2.05, 4.69) is 15.0 Å². The lowest BCUT2D eigenvalue weighted by atomic mass is 10.1. The molecule has 0 atom stereocenters. The second kappa shape index (κ2) is 9.95. The molecule has 2 amide bonds. The lowest BCUT2D eigenvalue weighted by Crippen LogP contribution is -2.48. The number of halogens is 1. The zero-order valence-electron chi connectivity index (χ0n) is 18.8. The first-order chi connectivity index (χ1) is 16.6. The molecule has 2 aromatic carbocycles. The minimum absolute atomic E-state index is 0.0129. The molecule has 0 aliphatic carbocycles. The van der Waals surface area contributed by atoms with E-state index >= 15 is 0 Å². The van der Waals surface area contributed by atoms with Crippen molar-refractivity contribution in [1.29, 1.82) is 0 Å². The number of amides is 2. The van der Waals surface area contributed by atoms with Gasteiger partial charge in [-0.05, 0) is 61.4 Å². The van der Waals surface area contributed by atoms with Gasteiger partial charge in [-0.2, -0.15) is 4.98 Å². The molecule has 2 fully saturated rings. The van der Waals surface area contributed by atoms with Gasteiger partial charge in [0.15, 0.2) is 0 Å². The fraction of sp³-hybridized carbons (Fsp3) is 0.360. The largest absolute Gasteiger partial charge is 0.338 e. The summed E-state index contributed by atoms with van der Waals surface area (Å²) in [6.45, 7) is 4.00. The summed E-state index contributed by atoms with van der Waals surface area (Å²) in [5.74, 6) is 1.25. The Morgan fingerprint density at radius 3 is 2.38 bits per heavy atom. The maximum atomic E-state index is 13.0. The normalized spacial score (nSPS) is 17.3. The molecular weight excluding hydrogens is 454 g/mol. The van der Waals surface area contributed by atoms with Crippen molar-refractivity contribution < 1.29 is 14.1 Å². The van der Waals surface area contributed by atoms with Crippen LogP contribution in [0, 0.1) is 0 Å². The Kier molecular flexibility index (Phi) is 6.60. The van der Waals surface area contributed by atoms with Crippen LogP contribution in [0.1, 0.15) is 35.5 Å². The Balaban J connectivity index is 1.14. The first kappa shape index (κ1) is 22.6. The third-order valence-electron chi connectivity index (χ3n) is 6.34. The van der Waals surface area contributed by atoms with Crippen LogP contribution in [0.3, 0.4) is 0 Å². The van der Waals surface area contributed by atoms with Crippen LogP contribution in [-0.2, 0) is 11.3 Å². The van der Waals surface area contributed by atoms with Gasteiger partial charge in [-0.3, -0.25) is 14.5 Å². The monoisotopic (exact) mass is 479 g/mol. The highest BCUT2D eigenvalue weighted by Gasteiger charge is 2.24. The molecule has 34 heavy (non-hydrogen) atoms. The Morgan fingerprint density at radius 1 is 0.941 bits per heavy atom. The van der Waals surface area contributed by atoms with Crippen molar-refractivity contribution in [3.8, 4) is 11.4 Å². The summed E-state index contributed by atoms with van der Waals surface area (Å²) in [4.78, 5) is 35.5. The molecular formula is C25H26ClN5O3. The van der Waals surface area contributed by atoms with Crippen LogP contribution in [-0.4, -0.2) is 64.5 Å². The number of carbonyl (C=O) groups is 2. The predicted molar refractivity (Wildman–Crippen MR) is 129 cm³/mol. The molecule has 9 heteroatoms. The van der Waals surface area contributed by atoms with Crippen molar-refractivity contribution in [3.63, 3.8) is 0 Å². The molecule has 2 aliphatic rings. The highest BCUT2D eigenvalue weighted by molar-refractivity contribution is 6.30. The predicted octanol–water partition coefficient (Wildman–Crippen LogP) is 3.86. The van der Waals surface area contributed by atoms with Crippen molar-refractivity contribution in [2.75, 3.05) is 37.6 Å². The van der Waals surface area contributed by atoms with E-state index in [1.165, 1.54) is 0 Å². The standard InChI is InChI=1S/C25H26ClN5O3/c26-20-8-4-18(5-9-20)24-27-22(34-28-24)17-29-13-15-30(16-14-29)25(33)19-6-10-21(11-7-19)31-12-2-1-3-23(31)32/h4-11H,1-3,12-17H2. The number of rotatable bonds is 5. The Morgan fingerprint density at radius 2 is 1.68 bits per heavy atom. The van der Waals surface area contributed by atoms with Crippen LogP contribution in [0.15, 0.2) is 53.1 Å². The smallest absolute Gasteiger partial charge is 0.253 e. The molecule has 0 spiro atoms. The van der Waals surface area contributed by atoms with Gasteiger partial charge in [0.25, 0.3) is 5.91 Å². The molecule has 0 unspecified atom stereocenters. The first-order valence-electron chi connectivity index (χ1n) is 11.6. The molecule has 8 nitrogen and oxygen atoms in total. The summed E-state index contributed by atoms with van der Waals surface area (Å²) in [6.07, 6.45) is 2.56. The van der Waals surface area contributed by atoms with Gasteiger partial charge in [0.1, 0.15) is 0 Å². The Labute approximate surface area is 203 Å². The summed E-state index contributed by atoms with van der Waals surface area (Å²) in [7, 11) is 0. The summed E-state index contributed by atoms with van der Waals surface area (Å²) < 4.78 is 5.42. The van der Waals surface area contributed by atoms with E-state index in [-0.39, 0.29) is 11.8 Å². The molecule has 3 heterocycles. The van der Waals surface area contributed by atoms with Gasteiger partial charge >= 0.3 is 0 Å². The summed E-state index contributed by atoms with van der Waals surface area (Å²) in [5.41, 5.74) is 2.36. The molecule has 2 saturated heterocycles. The number of anilines is 1. The molecule has 3 aromatic rings. The zero-order valence-corrected chi connectivity index (χ0v) is 19.6. The quantitative estimate of drug-likeness (QED) is 0.552. The maximum Gasteiger partial charge on any atom is 0.253 e. The summed E-state index contributed by atoms with van der Waals surface area (Å²) in [5, 5.41) is 4.73. The van der Waals surface area contributed by atoms with Crippen LogP contribution in [0.25, 0.3) is 11.4 Å². The summed E-state index contributed by atoms with van der Waals surface area (Å²) >= 11 is 5.94. The second-order valence-electron chi connectivity index (χ2n) is 8.64. The first-order valence-corrected chi connectivity index (χ1v) is 12.0. The number of benzene rings is 2. The zero-order chi connectivity index (χ0) is 23.5. The number of hydrogen-bond acceptors (Lipinski definition) is 6. The molecule has 176 valence electrons. The van der Waals surface area contributed by atoms with Crippen LogP contribution in [0.4, 0.5) is 5.69 Å². The van der Waals surface area contributed by atoms with Gasteiger partial charge in [-0.25, -0.2) is 0 Å². The van der Waals surface area contributed by atoms with E-state index in [1.807, 2.05) is 46.2 Å². The van der Waals surface area contributed by atoms with E-state index < -0.39 is 0 Å². The fourth-order valence-electron chi connectivity index (χ4n) is 4.38. The van der Waals surface area contributed by atoms with Gasteiger partial charge in [-0.15, -0.1) is 0 Å². The number of carbonyl (C=O) groups excluding carboxylic acids is 2. The minimum atomic E-state index is 0.0129. The van der Waals surface area contributed by atoms with Crippen molar-refractivity contribution in [1.82, 2.24) is 19.9 Å². The van der Waals surface area contributed by atoms with Gasteiger partial charge in [0, 0.05) is 61.0 Å². The third kappa shape index (κ3) is 4.98. The number of nitrogens with zero attached hydrogens (tertiary/aromatic N) is 5. The van der Waals surface area contributed by atoms with Crippen LogP contribution < -0.4 is 4.90 Å². The number of piperazine rings is 1. The van der Waals surface area contributed by atoms with E-state index in [9.17, 15) is 9.59 Å². The molecule has 0 saturated carbocycles. The Bertz CT molecular complexity index is 1150. The van der Waals surface area contributed by atoms with Crippen LogP contribution in [0.5, 0.6) is 0 Å². The van der Waals surface area contributed by atoms with Crippen molar-refractivity contribution in [3.05, 3.63) is 65.0 Å². The average molecular weight is 480 g/mol. The van der Waals surface area contributed by atoms with E-state index in [0.717, 1.165) is 43.7 Å². The molecule has 1 aromatic heterocycles. The molecule has 0 N–H and O–H groups in total. The minimum Gasteiger partial charge on any atom is -0.338 e. The fourth-order valence-corrected chi connectivity index (χ4v) is 4.51. The van der Waals surface area contributed by atoms with Crippen LogP contribution in [0.2, 0.25) is 5.02 Å². The highest BCUT2D eigenvalue weighted by Crippen LogP contribution is 2.23. The number of aromatic nitrogens is 2. The topological polar surface area (TPSA) is 82.8 Å². The van der Waals surface area contributed by atoms with Gasteiger partial charge < -0.3 is 14.3 Å². The van der Waals surface area contributed by atoms with Crippen molar-refractivity contribution in [2.24, 2.45) is 0 Å². The van der Waals surface area contributed by atoms with Gasteiger partial charge in [-0.1, -0.05) is 16.8 Å². The SMILES string of the molecule is O=C(c1ccc(N2CCCCC2=O)cc1)N1CCN(Cc2nc(-c3ccc(Cl)cc3)no2)CC1. The van der Waals surface area contributed by atoms with Crippen molar-refractivity contribution >= 4 is 29.1 Å². The second-order valence-corrected chi connectivity index (χ2v) is 9.07. The lowest BCUT2D eigenvalue weighted by molar-refractivity contribution is -0.119. The van der Waals surface area contributed by atoms with Crippen molar-refractivity contribution in [2.45, 2.75) is 25.8 Å². The average Bonchev–Trinajstić information content (AvgIpc) is 3.33. The van der Waals surface area contributed by atoms with Gasteiger partial charge in [0.05, 0.1) is 6.54 Å². The third-order valence-corrected chi connectivity index (χ3v) is 6.59. The molecule has 0 radical (unpaired) electrons. The molecule has 5 rings (SSSR count). The highest BCUT2D eigenvalue weighted by atomic mass is 35.5. The molecule has 2 aliphatic heterocycles. The van der Waals surface area contributed by atoms with E-state index in [4.69, 9.17) is 16.1 Å². The number of piperidine rings is 1. The maximum absolute atomic E-state index is 13.0. The molecule has 0 bridgehead atoms. The van der Waals surface area contributed by atoms with Gasteiger partial charge in [0.2, 0.25) is 17.6 Å².